The summed E-state index contributed by atoms with van der Waals surface area (Å²) in [6.45, 7) is 4.22. The first kappa shape index (κ1) is 16.1. The number of nitrogens with zero attached hydrogens (tertiary/aromatic N) is 2. The predicted octanol–water partition coefficient (Wildman–Crippen LogP) is 6.37. The first-order chi connectivity index (χ1) is 12.1. The zero-order valence-corrected chi connectivity index (χ0v) is 15.4. The van der Waals surface area contributed by atoms with Gasteiger partial charge in [-0.1, -0.05) is 53.6 Å². The van der Waals surface area contributed by atoms with Gasteiger partial charge < -0.3 is 5.32 Å². The Morgan fingerprint density at radius 1 is 0.960 bits per heavy atom. The highest BCUT2D eigenvalue weighted by molar-refractivity contribution is 7.19. The molecule has 0 aliphatic heterocycles. The minimum Gasteiger partial charge on any atom is -0.338 e. The largest absolute Gasteiger partial charge is 0.338 e. The zero-order valence-electron chi connectivity index (χ0n) is 13.9. The van der Waals surface area contributed by atoms with Gasteiger partial charge in [0.2, 0.25) is 0 Å². The highest BCUT2D eigenvalue weighted by Crippen LogP contribution is 2.41. The van der Waals surface area contributed by atoms with Crippen molar-refractivity contribution in [2.75, 3.05) is 5.32 Å². The van der Waals surface area contributed by atoms with Crippen molar-refractivity contribution in [2.45, 2.75) is 13.8 Å². The molecular weight excluding hydrogens is 350 g/mol. The maximum absolute atomic E-state index is 6.30. The third-order valence-corrected chi connectivity index (χ3v) is 5.47. The molecule has 4 aromatic rings. The molecule has 1 N–H and O–H groups in total. The third kappa shape index (κ3) is 2.99. The van der Waals surface area contributed by atoms with Gasteiger partial charge in [-0.05, 0) is 31.5 Å². The van der Waals surface area contributed by atoms with Crippen LogP contribution in [0.5, 0.6) is 0 Å². The van der Waals surface area contributed by atoms with E-state index in [1.807, 2.05) is 24.3 Å². The second kappa shape index (κ2) is 6.47. The monoisotopic (exact) mass is 365 g/mol. The number of rotatable bonds is 3. The number of thiophene rings is 1. The molecule has 5 heteroatoms. The highest BCUT2D eigenvalue weighted by atomic mass is 35.5. The van der Waals surface area contributed by atoms with Crippen LogP contribution in [0, 0.1) is 13.8 Å². The third-order valence-electron chi connectivity index (χ3n) is 4.13. The lowest BCUT2D eigenvalue weighted by Crippen LogP contribution is -1.96. The average molecular weight is 366 g/mol. The Kier molecular flexibility index (Phi) is 4.15. The minimum absolute atomic E-state index is 0.665. The fraction of sp³-hybridized carbons (Fsp3) is 0.100. The van der Waals surface area contributed by atoms with Crippen molar-refractivity contribution in [2.24, 2.45) is 0 Å². The summed E-state index contributed by atoms with van der Waals surface area (Å²) in [5.74, 6) is 0.776. The Morgan fingerprint density at radius 3 is 2.48 bits per heavy atom. The van der Waals surface area contributed by atoms with E-state index in [0.717, 1.165) is 21.7 Å². The van der Waals surface area contributed by atoms with Crippen molar-refractivity contribution in [1.29, 1.82) is 0 Å². The molecule has 0 amide bonds. The number of halogens is 1. The topological polar surface area (TPSA) is 37.8 Å². The van der Waals surface area contributed by atoms with Crippen LogP contribution in [0.15, 0.2) is 54.9 Å². The number of fused-ring (bicyclic) bond motifs is 1. The molecule has 124 valence electrons. The van der Waals surface area contributed by atoms with Gasteiger partial charge in [0.25, 0.3) is 0 Å². The fourth-order valence-electron chi connectivity index (χ4n) is 2.90. The minimum atomic E-state index is 0.665. The van der Waals surface area contributed by atoms with Crippen molar-refractivity contribution >= 4 is 44.7 Å². The van der Waals surface area contributed by atoms with Crippen LogP contribution in [0.2, 0.25) is 5.02 Å². The van der Waals surface area contributed by atoms with E-state index in [2.05, 4.69) is 53.4 Å². The van der Waals surface area contributed by atoms with Crippen molar-refractivity contribution in [3.05, 3.63) is 70.3 Å². The second-order valence-electron chi connectivity index (χ2n) is 5.91. The molecule has 0 unspecified atom stereocenters. The molecule has 4 rings (SSSR count). The SMILES string of the molecule is Cc1ccc(-c2c(C)sc3ncnc(Nc4ccccc4Cl)c23)cc1. The van der Waals surface area contributed by atoms with E-state index in [4.69, 9.17) is 11.6 Å². The van der Waals surface area contributed by atoms with Crippen LogP contribution < -0.4 is 5.32 Å². The smallest absolute Gasteiger partial charge is 0.143 e. The fourth-order valence-corrected chi connectivity index (χ4v) is 4.09. The molecule has 0 atom stereocenters. The summed E-state index contributed by atoms with van der Waals surface area (Å²) >= 11 is 7.98. The normalized spacial score (nSPS) is 11.0. The quantitative estimate of drug-likeness (QED) is 0.458. The first-order valence-corrected chi connectivity index (χ1v) is 9.15. The van der Waals surface area contributed by atoms with Crippen LogP contribution in [0.1, 0.15) is 10.4 Å². The molecule has 2 heterocycles. The van der Waals surface area contributed by atoms with Crippen LogP contribution in [-0.2, 0) is 0 Å². The second-order valence-corrected chi connectivity index (χ2v) is 7.52. The molecule has 3 nitrogen and oxygen atoms in total. The lowest BCUT2D eigenvalue weighted by Gasteiger charge is -2.10. The van der Waals surface area contributed by atoms with Gasteiger partial charge in [0, 0.05) is 10.4 Å². The molecule has 0 aliphatic rings. The molecule has 2 aromatic carbocycles. The van der Waals surface area contributed by atoms with Gasteiger partial charge in [-0.25, -0.2) is 9.97 Å². The standard InChI is InChI=1S/C20H16ClN3S/c1-12-7-9-14(10-8-12)17-13(2)25-20-18(17)19(22-11-23-20)24-16-6-4-3-5-15(16)21/h3-11H,1-2H3,(H,22,23,24). The maximum atomic E-state index is 6.30. The molecule has 0 radical (unpaired) electrons. The van der Waals surface area contributed by atoms with E-state index in [1.54, 1.807) is 17.7 Å². The van der Waals surface area contributed by atoms with Crippen LogP contribution >= 0.6 is 22.9 Å². The Balaban J connectivity index is 1.91. The number of benzene rings is 2. The van der Waals surface area contributed by atoms with Crippen LogP contribution in [0.3, 0.4) is 0 Å². The number of anilines is 2. The summed E-state index contributed by atoms with van der Waals surface area (Å²) in [5, 5.41) is 5.07. The number of hydrogen-bond acceptors (Lipinski definition) is 4. The number of nitrogens with one attached hydrogen (secondary N) is 1. The van der Waals surface area contributed by atoms with E-state index >= 15 is 0 Å². The van der Waals surface area contributed by atoms with Gasteiger partial charge in [0.15, 0.2) is 0 Å². The van der Waals surface area contributed by atoms with Gasteiger partial charge in [-0.3, -0.25) is 0 Å². The molecule has 2 aromatic heterocycles. The average Bonchev–Trinajstić information content (AvgIpc) is 2.95. The van der Waals surface area contributed by atoms with Gasteiger partial charge >= 0.3 is 0 Å². The molecule has 0 saturated heterocycles. The molecule has 0 saturated carbocycles. The van der Waals surface area contributed by atoms with E-state index in [9.17, 15) is 0 Å². The van der Waals surface area contributed by atoms with Gasteiger partial charge in [-0.2, -0.15) is 0 Å². The van der Waals surface area contributed by atoms with Gasteiger partial charge in [0.1, 0.15) is 17.0 Å². The van der Waals surface area contributed by atoms with E-state index in [0.29, 0.717) is 5.02 Å². The van der Waals surface area contributed by atoms with Crippen LogP contribution in [0.25, 0.3) is 21.3 Å². The summed E-state index contributed by atoms with van der Waals surface area (Å²) in [4.78, 5) is 11.1. The Labute approximate surface area is 155 Å². The highest BCUT2D eigenvalue weighted by Gasteiger charge is 2.17. The van der Waals surface area contributed by atoms with E-state index in [-0.39, 0.29) is 0 Å². The number of aromatic nitrogens is 2. The summed E-state index contributed by atoms with van der Waals surface area (Å²) in [6, 6.07) is 16.2. The number of hydrogen-bond donors (Lipinski definition) is 1. The van der Waals surface area contributed by atoms with E-state index < -0.39 is 0 Å². The molecule has 0 bridgehead atoms. The molecule has 0 fully saturated rings. The summed E-state index contributed by atoms with van der Waals surface area (Å²) in [7, 11) is 0. The van der Waals surface area contributed by atoms with Crippen molar-refractivity contribution < 1.29 is 0 Å². The molecule has 0 spiro atoms. The van der Waals surface area contributed by atoms with Crippen LogP contribution in [-0.4, -0.2) is 9.97 Å². The van der Waals surface area contributed by atoms with Crippen molar-refractivity contribution in [3.63, 3.8) is 0 Å². The number of para-hydroxylation sites is 1. The summed E-state index contributed by atoms with van der Waals surface area (Å²) in [5.41, 5.74) is 4.43. The summed E-state index contributed by atoms with van der Waals surface area (Å²) in [6.07, 6.45) is 1.59. The lowest BCUT2D eigenvalue weighted by atomic mass is 10.0. The molecule has 25 heavy (non-hydrogen) atoms. The van der Waals surface area contributed by atoms with Crippen molar-refractivity contribution in [1.82, 2.24) is 9.97 Å². The zero-order chi connectivity index (χ0) is 17.4. The van der Waals surface area contributed by atoms with Crippen molar-refractivity contribution in [3.8, 4) is 11.1 Å². The van der Waals surface area contributed by atoms with Gasteiger partial charge in [-0.15, -0.1) is 11.3 Å². The molecule has 0 aliphatic carbocycles. The summed E-state index contributed by atoms with van der Waals surface area (Å²) < 4.78 is 0. The van der Waals surface area contributed by atoms with Gasteiger partial charge in [0.05, 0.1) is 16.1 Å². The Morgan fingerprint density at radius 2 is 1.72 bits per heavy atom. The first-order valence-electron chi connectivity index (χ1n) is 7.96. The van der Waals surface area contributed by atoms with E-state index in [1.165, 1.54) is 21.6 Å². The van der Waals surface area contributed by atoms with Crippen LogP contribution in [0.4, 0.5) is 11.5 Å². The number of aryl methyl sites for hydroxylation is 2. The Bertz CT molecular complexity index is 1050. The lowest BCUT2D eigenvalue weighted by molar-refractivity contribution is 1.23. The molecular formula is C20H16ClN3S. The predicted molar refractivity (Wildman–Crippen MR) is 107 cm³/mol. The Hall–Kier alpha value is -2.43. The maximum Gasteiger partial charge on any atom is 0.143 e.